The first kappa shape index (κ1) is 18.7. The minimum atomic E-state index is -0.314. The van der Waals surface area contributed by atoms with Crippen LogP contribution in [-0.4, -0.2) is 59.6 Å². The Morgan fingerprint density at radius 2 is 1.82 bits per heavy atom. The van der Waals surface area contributed by atoms with Crippen molar-refractivity contribution < 1.29 is 14.3 Å². The number of hydrogen-bond acceptors (Lipinski definition) is 4. The SMILES string of the molecule is CCOC(=O)N1CCN(C(=O)c2ccc3c(=S)c4c([nH]c3c2)=CCCC=4)CC1. The van der Waals surface area contributed by atoms with Gasteiger partial charge in [0, 0.05) is 53.2 Å². The number of fused-ring (bicyclic) bond motifs is 2. The lowest BCUT2D eigenvalue weighted by Crippen LogP contribution is -2.50. The molecule has 4 rings (SSSR count). The number of rotatable bonds is 2. The van der Waals surface area contributed by atoms with E-state index in [9.17, 15) is 9.59 Å². The van der Waals surface area contributed by atoms with Gasteiger partial charge in [-0.2, -0.15) is 0 Å². The summed E-state index contributed by atoms with van der Waals surface area (Å²) in [5.41, 5.74) is 1.51. The van der Waals surface area contributed by atoms with E-state index in [1.165, 1.54) is 0 Å². The molecular formula is C21H23N3O3S. The van der Waals surface area contributed by atoms with E-state index < -0.39 is 0 Å². The summed E-state index contributed by atoms with van der Waals surface area (Å²) in [6.07, 6.45) is 6.02. The second kappa shape index (κ2) is 7.75. The topological polar surface area (TPSA) is 65.6 Å². The standard InChI is InChI=1S/C21H23N3O3S/c1-2-27-21(26)24-11-9-23(10-12-24)20(25)14-7-8-16-18(13-14)22-17-6-4-3-5-15(17)19(16)28/h5-8,13,22H,2-4,9-12H2,1H3. The molecule has 6 nitrogen and oxygen atoms in total. The molecule has 146 valence electrons. The molecule has 1 aliphatic heterocycles. The van der Waals surface area contributed by atoms with E-state index in [2.05, 4.69) is 17.1 Å². The molecule has 0 atom stereocenters. The second-order valence-electron chi connectivity index (χ2n) is 7.01. The third kappa shape index (κ3) is 3.42. The van der Waals surface area contributed by atoms with Crippen molar-refractivity contribution in [3.8, 4) is 0 Å². The van der Waals surface area contributed by atoms with E-state index in [1.807, 2.05) is 18.2 Å². The average Bonchev–Trinajstić information content (AvgIpc) is 2.73. The molecule has 0 unspecified atom stereocenters. The Morgan fingerprint density at radius 3 is 2.57 bits per heavy atom. The highest BCUT2D eigenvalue weighted by molar-refractivity contribution is 7.71. The van der Waals surface area contributed by atoms with Gasteiger partial charge in [0.1, 0.15) is 0 Å². The van der Waals surface area contributed by atoms with E-state index in [4.69, 9.17) is 17.0 Å². The normalized spacial score (nSPS) is 16.2. The van der Waals surface area contributed by atoms with Crippen molar-refractivity contribution in [1.82, 2.24) is 14.8 Å². The molecule has 0 spiro atoms. The Kier molecular flexibility index (Phi) is 5.17. The zero-order valence-corrected chi connectivity index (χ0v) is 16.7. The predicted octanol–water partition coefficient (Wildman–Crippen LogP) is 2.17. The fraction of sp³-hybridized carbons (Fsp3) is 0.381. The zero-order valence-electron chi connectivity index (χ0n) is 15.9. The first-order valence-electron chi connectivity index (χ1n) is 9.66. The summed E-state index contributed by atoms with van der Waals surface area (Å²) in [5.74, 6) is -0.0296. The minimum Gasteiger partial charge on any atom is -0.450 e. The molecule has 1 saturated heterocycles. The lowest BCUT2D eigenvalue weighted by atomic mass is 10.1. The fourth-order valence-electron chi connectivity index (χ4n) is 3.77. The maximum absolute atomic E-state index is 13.0. The van der Waals surface area contributed by atoms with Gasteiger partial charge in [0.05, 0.1) is 11.1 Å². The van der Waals surface area contributed by atoms with Crippen LogP contribution in [0, 0.1) is 4.51 Å². The van der Waals surface area contributed by atoms with Crippen LogP contribution in [0.15, 0.2) is 18.2 Å². The number of aromatic amines is 1. The summed E-state index contributed by atoms with van der Waals surface area (Å²) < 4.78 is 5.87. The highest BCUT2D eigenvalue weighted by Crippen LogP contribution is 2.16. The molecule has 0 bridgehead atoms. The summed E-state index contributed by atoms with van der Waals surface area (Å²) in [6, 6.07) is 5.65. The van der Waals surface area contributed by atoms with Crippen LogP contribution in [0.5, 0.6) is 0 Å². The number of benzene rings is 1. The van der Waals surface area contributed by atoms with Crippen LogP contribution in [0.4, 0.5) is 4.79 Å². The zero-order chi connectivity index (χ0) is 19.7. The molecule has 1 aromatic carbocycles. The summed E-state index contributed by atoms with van der Waals surface area (Å²) in [5, 5.41) is 3.09. The van der Waals surface area contributed by atoms with E-state index in [1.54, 1.807) is 16.7 Å². The van der Waals surface area contributed by atoms with Crippen LogP contribution in [-0.2, 0) is 4.74 Å². The van der Waals surface area contributed by atoms with Crippen LogP contribution in [0.1, 0.15) is 30.1 Å². The van der Waals surface area contributed by atoms with Crippen molar-refractivity contribution in [3.63, 3.8) is 0 Å². The number of nitrogens with zero attached hydrogens (tertiary/aromatic N) is 2. The van der Waals surface area contributed by atoms with Crippen LogP contribution in [0.25, 0.3) is 23.1 Å². The Hall–Kier alpha value is -2.67. The van der Waals surface area contributed by atoms with Gasteiger partial charge in [-0.05, 0) is 31.9 Å². The maximum atomic E-state index is 13.0. The molecule has 0 radical (unpaired) electrons. The Labute approximate surface area is 168 Å². The molecule has 2 amide bonds. The van der Waals surface area contributed by atoms with Crippen molar-refractivity contribution in [2.75, 3.05) is 32.8 Å². The number of carbonyl (C=O) groups is 2. The fourth-order valence-corrected chi connectivity index (χ4v) is 4.14. The molecule has 2 aromatic rings. The Morgan fingerprint density at radius 1 is 1.11 bits per heavy atom. The lowest BCUT2D eigenvalue weighted by Gasteiger charge is -2.34. The van der Waals surface area contributed by atoms with Crippen molar-refractivity contribution in [2.24, 2.45) is 0 Å². The van der Waals surface area contributed by atoms with E-state index in [-0.39, 0.29) is 12.0 Å². The molecule has 1 aliphatic carbocycles. The van der Waals surface area contributed by atoms with Gasteiger partial charge in [0.25, 0.3) is 5.91 Å². The van der Waals surface area contributed by atoms with Crippen LogP contribution >= 0.6 is 12.2 Å². The molecule has 2 aliphatic rings. The Balaban J connectivity index is 1.58. The molecule has 0 saturated carbocycles. The van der Waals surface area contributed by atoms with Gasteiger partial charge in [0.2, 0.25) is 0 Å². The minimum absolute atomic E-state index is 0.0296. The van der Waals surface area contributed by atoms with Crippen molar-refractivity contribution in [2.45, 2.75) is 19.8 Å². The van der Waals surface area contributed by atoms with Gasteiger partial charge in [-0.15, -0.1) is 0 Å². The van der Waals surface area contributed by atoms with Crippen LogP contribution in [0.2, 0.25) is 0 Å². The van der Waals surface area contributed by atoms with Gasteiger partial charge in [-0.1, -0.05) is 30.4 Å². The summed E-state index contributed by atoms with van der Waals surface area (Å²) in [6.45, 7) is 4.11. The number of piperazine rings is 1. The van der Waals surface area contributed by atoms with Gasteiger partial charge in [-0.25, -0.2) is 4.79 Å². The van der Waals surface area contributed by atoms with E-state index in [0.29, 0.717) is 38.3 Å². The largest absolute Gasteiger partial charge is 0.450 e. The maximum Gasteiger partial charge on any atom is 0.409 e. The third-order valence-electron chi connectivity index (χ3n) is 5.27. The summed E-state index contributed by atoms with van der Waals surface area (Å²) in [4.78, 5) is 31.6. The van der Waals surface area contributed by atoms with E-state index in [0.717, 1.165) is 38.8 Å². The summed E-state index contributed by atoms with van der Waals surface area (Å²) >= 11 is 5.66. The van der Waals surface area contributed by atoms with Crippen molar-refractivity contribution in [1.29, 1.82) is 0 Å². The highest BCUT2D eigenvalue weighted by Gasteiger charge is 2.25. The monoisotopic (exact) mass is 397 g/mol. The number of hydrogen-bond donors (Lipinski definition) is 1. The van der Waals surface area contributed by atoms with Gasteiger partial charge in [0.15, 0.2) is 0 Å². The smallest absolute Gasteiger partial charge is 0.409 e. The van der Waals surface area contributed by atoms with Gasteiger partial charge >= 0.3 is 6.09 Å². The number of H-pyrrole nitrogens is 1. The number of amides is 2. The molecule has 28 heavy (non-hydrogen) atoms. The quantitative estimate of drug-likeness (QED) is 0.789. The molecule has 2 heterocycles. The van der Waals surface area contributed by atoms with Crippen molar-refractivity contribution >= 4 is 47.3 Å². The lowest BCUT2D eigenvalue weighted by molar-refractivity contribution is 0.0570. The summed E-state index contributed by atoms with van der Waals surface area (Å²) in [7, 11) is 0. The van der Waals surface area contributed by atoms with Crippen LogP contribution in [0.3, 0.4) is 0 Å². The first-order chi connectivity index (χ1) is 13.6. The number of pyridine rings is 1. The first-order valence-corrected chi connectivity index (χ1v) is 10.1. The van der Waals surface area contributed by atoms with Gasteiger partial charge < -0.3 is 19.5 Å². The van der Waals surface area contributed by atoms with Crippen molar-refractivity contribution in [3.05, 3.63) is 38.8 Å². The Bertz CT molecular complexity index is 1110. The van der Waals surface area contributed by atoms with Crippen LogP contribution < -0.4 is 10.6 Å². The average molecular weight is 398 g/mol. The third-order valence-corrected chi connectivity index (χ3v) is 5.71. The number of carbonyl (C=O) groups excluding carboxylic acids is 2. The molecule has 1 N–H and O–H groups in total. The molecular weight excluding hydrogens is 374 g/mol. The molecule has 1 fully saturated rings. The second-order valence-corrected chi connectivity index (χ2v) is 7.41. The van der Waals surface area contributed by atoms with E-state index >= 15 is 0 Å². The van der Waals surface area contributed by atoms with Gasteiger partial charge in [-0.3, -0.25) is 4.79 Å². The number of ether oxygens (including phenoxy) is 1. The number of nitrogens with one attached hydrogen (secondary N) is 1. The number of aromatic nitrogens is 1. The highest BCUT2D eigenvalue weighted by atomic mass is 32.1. The predicted molar refractivity (Wildman–Crippen MR) is 111 cm³/mol. The molecule has 1 aromatic heterocycles. The molecule has 7 heteroatoms.